The highest BCUT2D eigenvalue weighted by molar-refractivity contribution is 7.81. The molecule has 32 heavy (non-hydrogen) atoms. The van der Waals surface area contributed by atoms with Crippen molar-refractivity contribution in [1.29, 1.82) is 0 Å². The first-order chi connectivity index (χ1) is 15.3. The summed E-state index contributed by atoms with van der Waals surface area (Å²) in [6, 6.07) is 19.1. The summed E-state index contributed by atoms with van der Waals surface area (Å²) in [6.45, 7) is 0. The Morgan fingerprint density at radius 3 is 2.06 bits per heavy atom. The van der Waals surface area contributed by atoms with Gasteiger partial charge in [0.25, 0.3) is 0 Å². The average Bonchev–Trinajstić information content (AvgIpc) is 3.04. The molecule has 0 radical (unpaired) electrons. The van der Waals surface area contributed by atoms with Crippen LogP contribution >= 0.6 is 12.6 Å². The van der Waals surface area contributed by atoms with Crippen molar-refractivity contribution in [3.63, 3.8) is 0 Å². The molecule has 168 valence electrons. The Hall–Kier alpha value is -2.61. The first-order valence-electron chi connectivity index (χ1n) is 10.5. The molecule has 4 unspecified atom stereocenters. The molecule has 1 aliphatic heterocycles. The van der Waals surface area contributed by atoms with Gasteiger partial charge in [0.2, 0.25) is 0 Å². The van der Waals surface area contributed by atoms with Gasteiger partial charge in [-0.2, -0.15) is 0 Å². The molecule has 1 aliphatic rings. The van der Waals surface area contributed by atoms with Crippen LogP contribution in [0.1, 0.15) is 36.1 Å². The minimum Gasteiger partial charge on any atom is -0.508 e. The van der Waals surface area contributed by atoms with E-state index in [4.69, 9.17) is 12.6 Å². The second-order valence-electron chi connectivity index (χ2n) is 8.14. The predicted molar refractivity (Wildman–Crippen MR) is 125 cm³/mol. The van der Waals surface area contributed by atoms with Gasteiger partial charge >= 0.3 is 0 Å². The summed E-state index contributed by atoms with van der Waals surface area (Å²) >= 11 is 4.84. The molecule has 0 amide bonds. The fraction of sp³-hybridized carbons (Fsp3) is 0.280. The Bertz CT molecular complexity index is 1030. The monoisotopic (exact) mass is 456 g/mol. The number of hydrogen-bond donors (Lipinski definition) is 3. The highest BCUT2D eigenvalue weighted by atomic mass is 32.1. The number of phenols is 1. The van der Waals surface area contributed by atoms with Crippen molar-refractivity contribution in [3.05, 3.63) is 95.6 Å². The molecule has 3 aromatic rings. The molecular formula is C25H26F2N2O2S. The Morgan fingerprint density at radius 2 is 1.47 bits per heavy atom. The Kier molecular flexibility index (Phi) is 6.69. The van der Waals surface area contributed by atoms with Crippen LogP contribution in [0.3, 0.4) is 0 Å². The molecule has 3 aromatic carbocycles. The van der Waals surface area contributed by atoms with Gasteiger partial charge in [0, 0.05) is 11.7 Å². The number of hydrogen-bond acceptors (Lipinski definition) is 5. The number of aliphatic hydroxyl groups is 1. The van der Waals surface area contributed by atoms with Gasteiger partial charge in [-0.3, -0.25) is 4.90 Å². The molecule has 0 bridgehead atoms. The zero-order valence-electron chi connectivity index (χ0n) is 17.6. The van der Waals surface area contributed by atoms with Crippen molar-refractivity contribution >= 4 is 18.3 Å². The van der Waals surface area contributed by atoms with Crippen LogP contribution in [0.2, 0.25) is 0 Å². The van der Waals surface area contributed by atoms with Crippen LogP contribution in [0.15, 0.2) is 72.8 Å². The van der Waals surface area contributed by atoms with Crippen LogP contribution in [0.5, 0.6) is 5.75 Å². The number of rotatable bonds is 6. The number of phenolic OH excluding ortho intramolecular Hbond substituents is 1. The van der Waals surface area contributed by atoms with Gasteiger partial charge in [-0.05, 0) is 79.5 Å². The van der Waals surface area contributed by atoms with Gasteiger partial charge in [0.1, 0.15) is 22.9 Å². The maximum atomic E-state index is 13.6. The standard InChI is InChI=1S/C25H26F2N2O2S/c1-28-22(14-15-23(31)16-2-6-18(26)7-3-16)24(17-4-12-21(30)13-5-17)29(25(28)32)20-10-8-19(27)9-11-20/h2-13,22-25,30-32H,14-15H2,1H3. The normalized spacial score (nSPS) is 22.3. The Balaban J connectivity index is 1.63. The second-order valence-corrected chi connectivity index (χ2v) is 8.61. The molecule has 0 spiro atoms. The van der Waals surface area contributed by atoms with Crippen molar-refractivity contribution in [2.45, 2.75) is 36.5 Å². The number of aromatic hydroxyl groups is 1. The number of thiol groups is 1. The van der Waals surface area contributed by atoms with E-state index in [0.29, 0.717) is 18.4 Å². The lowest BCUT2D eigenvalue weighted by atomic mass is 9.93. The van der Waals surface area contributed by atoms with E-state index in [2.05, 4.69) is 9.80 Å². The van der Waals surface area contributed by atoms with E-state index in [-0.39, 0.29) is 35.0 Å². The van der Waals surface area contributed by atoms with Crippen molar-refractivity contribution in [1.82, 2.24) is 4.90 Å². The number of anilines is 1. The van der Waals surface area contributed by atoms with Crippen LogP contribution in [0, 0.1) is 11.6 Å². The summed E-state index contributed by atoms with van der Waals surface area (Å²) in [5.41, 5.74) is 2.22. The third-order valence-corrected chi connectivity index (χ3v) is 6.76. The average molecular weight is 457 g/mol. The van der Waals surface area contributed by atoms with Gasteiger partial charge in [-0.15, -0.1) is 12.6 Å². The molecule has 1 heterocycles. The Morgan fingerprint density at radius 1 is 0.906 bits per heavy atom. The number of likely N-dealkylation sites (N-methyl/N-ethyl adjacent to an activating group) is 1. The first kappa shape index (κ1) is 22.6. The van der Waals surface area contributed by atoms with E-state index in [1.807, 2.05) is 19.2 Å². The quantitative estimate of drug-likeness (QED) is 0.443. The van der Waals surface area contributed by atoms with Crippen LogP contribution in [0.25, 0.3) is 0 Å². The summed E-state index contributed by atoms with van der Waals surface area (Å²) < 4.78 is 26.8. The highest BCUT2D eigenvalue weighted by Crippen LogP contribution is 2.44. The summed E-state index contributed by atoms with van der Waals surface area (Å²) in [7, 11) is 1.98. The van der Waals surface area contributed by atoms with Crippen molar-refractivity contribution in [2.24, 2.45) is 0 Å². The molecular weight excluding hydrogens is 430 g/mol. The van der Waals surface area contributed by atoms with E-state index < -0.39 is 6.10 Å². The van der Waals surface area contributed by atoms with Crippen molar-refractivity contribution in [2.75, 3.05) is 11.9 Å². The molecule has 4 nitrogen and oxygen atoms in total. The van der Waals surface area contributed by atoms with E-state index in [9.17, 15) is 19.0 Å². The lowest BCUT2D eigenvalue weighted by molar-refractivity contribution is 0.147. The van der Waals surface area contributed by atoms with Crippen LogP contribution < -0.4 is 4.90 Å². The van der Waals surface area contributed by atoms with Crippen LogP contribution in [0.4, 0.5) is 14.5 Å². The van der Waals surface area contributed by atoms with E-state index in [1.165, 1.54) is 24.3 Å². The zero-order valence-corrected chi connectivity index (χ0v) is 18.5. The molecule has 2 N–H and O–H groups in total. The molecule has 1 fully saturated rings. The Labute approximate surface area is 192 Å². The first-order valence-corrected chi connectivity index (χ1v) is 11.0. The highest BCUT2D eigenvalue weighted by Gasteiger charge is 2.44. The lowest BCUT2D eigenvalue weighted by Crippen LogP contribution is -2.33. The summed E-state index contributed by atoms with van der Waals surface area (Å²) in [4.78, 5) is 4.24. The number of benzene rings is 3. The van der Waals surface area contributed by atoms with Crippen molar-refractivity contribution < 1.29 is 19.0 Å². The number of halogens is 2. The SMILES string of the molecule is CN1C(CCC(O)c2ccc(F)cc2)C(c2ccc(O)cc2)N(c2ccc(F)cc2)C1S. The second kappa shape index (κ2) is 9.48. The minimum absolute atomic E-state index is 0.0119. The molecule has 4 atom stereocenters. The number of aliphatic hydroxyl groups excluding tert-OH is 1. The summed E-state index contributed by atoms with van der Waals surface area (Å²) in [5, 5.41) is 20.4. The largest absolute Gasteiger partial charge is 0.508 e. The van der Waals surface area contributed by atoms with E-state index >= 15 is 0 Å². The fourth-order valence-corrected chi connectivity index (χ4v) is 4.87. The van der Waals surface area contributed by atoms with Gasteiger partial charge < -0.3 is 15.1 Å². The minimum atomic E-state index is -0.720. The maximum Gasteiger partial charge on any atom is 0.128 e. The molecule has 1 saturated heterocycles. The smallest absolute Gasteiger partial charge is 0.128 e. The molecule has 4 rings (SSSR count). The van der Waals surface area contributed by atoms with Gasteiger partial charge in [0.15, 0.2) is 0 Å². The number of nitrogens with zero attached hydrogens (tertiary/aromatic N) is 2. The lowest BCUT2D eigenvalue weighted by Gasteiger charge is -2.31. The topological polar surface area (TPSA) is 46.9 Å². The maximum absolute atomic E-state index is 13.6. The van der Waals surface area contributed by atoms with Crippen LogP contribution in [-0.4, -0.2) is 33.7 Å². The third kappa shape index (κ3) is 4.60. The molecule has 7 heteroatoms. The summed E-state index contributed by atoms with van der Waals surface area (Å²) in [5.74, 6) is -0.465. The van der Waals surface area contributed by atoms with Gasteiger partial charge in [0.05, 0.1) is 12.1 Å². The molecule has 0 aromatic heterocycles. The van der Waals surface area contributed by atoms with E-state index in [1.54, 1.807) is 36.4 Å². The van der Waals surface area contributed by atoms with Gasteiger partial charge in [-0.25, -0.2) is 8.78 Å². The van der Waals surface area contributed by atoms with Gasteiger partial charge in [-0.1, -0.05) is 24.3 Å². The third-order valence-electron chi connectivity index (χ3n) is 6.15. The van der Waals surface area contributed by atoms with Crippen LogP contribution in [-0.2, 0) is 0 Å². The molecule has 0 saturated carbocycles. The van der Waals surface area contributed by atoms with Crippen molar-refractivity contribution in [3.8, 4) is 5.75 Å². The predicted octanol–water partition coefficient (Wildman–Crippen LogP) is 5.26. The zero-order chi connectivity index (χ0) is 22.8. The fourth-order valence-electron chi connectivity index (χ4n) is 4.42. The summed E-state index contributed by atoms with van der Waals surface area (Å²) in [6.07, 6.45) is 0.408. The van der Waals surface area contributed by atoms with E-state index in [0.717, 1.165) is 11.3 Å². The molecule has 0 aliphatic carbocycles.